The number of anilines is 2. The van der Waals surface area contributed by atoms with Crippen molar-refractivity contribution < 1.29 is 19.1 Å². The van der Waals surface area contributed by atoms with Gasteiger partial charge in [0, 0.05) is 11.4 Å². The van der Waals surface area contributed by atoms with E-state index in [-0.39, 0.29) is 24.9 Å². The third kappa shape index (κ3) is 6.07. The van der Waals surface area contributed by atoms with Gasteiger partial charge >= 0.3 is 5.97 Å². The summed E-state index contributed by atoms with van der Waals surface area (Å²) in [6.45, 7) is 7.59. The number of carbonyl (C=O) groups excluding carboxylic acids is 3. The average Bonchev–Trinajstić information content (AvgIpc) is 2.67. The zero-order valence-electron chi connectivity index (χ0n) is 17.4. The molecule has 0 aliphatic heterocycles. The van der Waals surface area contributed by atoms with E-state index < -0.39 is 5.97 Å². The molecule has 0 radical (unpaired) electrons. The number of hydrogen-bond acceptors (Lipinski definition) is 5. The van der Waals surface area contributed by atoms with Crippen molar-refractivity contribution in [2.45, 2.75) is 27.7 Å². The Kier molecular flexibility index (Phi) is 7.36. The van der Waals surface area contributed by atoms with Crippen LogP contribution < -0.4 is 16.0 Å². The predicted octanol–water partition coefficient (Wildman–Crippen LogP) is 2.87. The largest absolute Gasteiger partial charge is 0.465 e. The van der Waals surface area contributed by atoms with Crippen molar-refractivity contribution in [1.82, 2.24) is 5.32 Å². The maximum atomic E-state index is 12.2. The molecule has 0 saturated heterocycles. The summed E-state index contributed by atoms with van der Waals surface area (Å²) in [6, 6.07) is 9.02. The quantitative estimate of drug-likeness (QED) is 0.625. The molecule has 0 heterocycles. The van der Waals surface area contributed by atoms with Crippen molar-refractivity contribution in [3.05, 3.63) is 58.1 Å². The van der Waals surface area contributed by atoms with E-state index in [1.54, 1.807) is 18.2 Å². The summed E-state index contributed by atoms with van der Waals surface area (Å²) >= 11 is 0. The fourth-order valence-corrected chi connectivity index (χ4v) is 3.08. The van der Waals surface area contributed by atoms with E-state index in [1.165, 1.54) is 7.11 Å². The summed E-state index contributed by atoms with van der Waals surface area (Å²) in [7, 11) is 1.33. The van der Waals surface area contributed by atoms with Crippen LogP contribution in [0.15, 0.2) is 30.3 Å². The molecule has 7 heteroatoms. The molecule has 0 unspecified atom stereocenters. The first-order chi connectivity index (χ1) is 13.7. The third-order valence-corrected chi connectivity index (χ3v) is 4.47. The minimum Gasteiger partial charge on any atom is -0.465 e. The highest BCUT2D eigenvalue weighted by Crippen LogP contribution is 2.21. The van der Waals surface area contributed by atoms with Crippen LogP contribution in [0.3, 0.4) is 0 Å². The lowest BCUT2D eigenvalue weighted by atomic mass is 10.1. The number of hydrogen-bond donors (Lipinski definition) is 3. The smallest absolute Gasteiger partial charge is 0.337 e. The van der Waals surface area contributed by atoms with Crippen LogP contribution >= 0.6 is 0 Å². The number of ether oxygens (including phenoxy) is 1. The van der Waals surface area contributed by atoms with Gasteiger partial charge in [0.25, 0.3) is 0 Å². The first-order valence-electron chi connectivity index (χ1n) is 9.28. The second kappa shape index (κ2) is 9.73. The molecule has 2 rings (SSSR count). The van der Waals surface area contributed by atoms with Gasteiger partial charge in [-0.3, -0.25) is 9.59 Å². The lowest BCUT2D eigenvalue weighted by Gasteiger charge is -2.14. The Bertz CT molecular complexity index is 915. The number of carbonyl (C=O) groups is 3. The summed E-state index contributed by atoms with van der Waals surface area (Å²) in [5.41, 5.74) is 5.84. The summed E-state index contributed by atoms with van der Waals surface area (Å²) in [6.07, 6.45) is 0. The third-order valence-electron chi connectivity index (χ3n) is 4.47. The molecule has 154 valence electrons. The Hall–Kier alpha value is -3.35. The van der Waals surface area contributed by atoms with Crippen LogP contribution in [0.1, 0.15) is 32.6 Å². The minimum atomic E-state index is -0.414. The van der Waals surface area contributed by atoms with Gasteiger partial charge in [0.15, 0.2) is 0 Å². The lowest BCUT2D eigenvalue weighted by Crippen LogP contribution is -2.36. The average molecular weight is 397 g/mol. The Balaban J connectivity index is 1.84. The van der Waals surface area contributed by atoms with Crippen molar-refractivity contribution >= 4 is 29.2 Å². The second-order valence-corrected chi connectivity index (χ2v) is 6.97. The summed E-state index contributed by atoms with van der Waals surface area (Å²) in [5.74, 6) is -1.01. The summed E-state index contributed by atoms with van der Waals surface area (Å²) < 4.78 is 4.69. The summed E-state index contributed by atoms with van der Waals surface area (Å²) in [5, 5.41) is 8.44. The highest BCUT2D eigenvalue weighted by Gasteiger charge is 2.11. The maximum Gasteiger partial charge on any atom is 0.337 e. The van der Waals surface area contributed by atoms with Gasteiger partial charge in [-0.25, -0.2) is 4.79 Å². The number of rotatable bonds is 7. The second-order valence-electron chi connectivity index (χ2n) is 6.97. The molecule has 2 amide bonds. The number of amides is 2. The molecule has 0 saturated carbocycles. The number of methoxy groups -OCH3 is 1. The van der Waals surface area contributed by atoms with Crippen LogP contribution in [0, 0.1) is 27.7 Å². The molecule has 0 atom stereocenters. The van der Waals surface area contributed by atoms with Crippen LogP contribution in [-0.2, 0) is 14.3 Å². The first kappa shape index (κ1) is 21.9. The highest BCUT2D eigenvalue weighted by atomic mass is 16.5. The number of benzene rings is 2. The lowest BCUT2D eigenvalue weighted by molar-refractivity contribution is -0.122. The van der Waals surface area contributed by atoms with E-state index in [0.717, 1.165) is 33.6 Å². The molecule has 29 heavy (non-hydrogen) atoms. The van der Waals surface area contributed by atoms with Gasteiger partial charge < -0.3 is 20.7 Å². The van der Waals surface area contributed by atoms with Gasteiger partial charge in [0.1, 0.15) is 0 Å². The number of esters is 1. The Labute approximate surface area is 170 Å². The van der Waals surface area contributed by atoms with Crippen LogP contribution in [0.25, 0.3) is 0 Å². The zero-order chi connectivity index (χ0) is 21.6. The van der Waals surface area contributed by atoms with Crippen molar-refractivity contribution in [3.8, 4) is 0 Å². The van der Waals surface area contributed by atoms with Crippen molar-refractivity contribution in [2.24, 2.45) is 0 Å². The fourth-order valence-electron chi connectivity index (χ4n) is 3.08. The fraction of sp³-hybridized carbons (Fsp3) is 0.318. The molecule has 2 aromatic rings. The van der Waals surface area contributed by atoms with Crippen LogP contribution in [0.4, 0.5) is 11.4 Å². The van der Waals surface area contributed by atoms with Gasteiger partial charge in [-0.2, -0.15) is 0 Å². The van der Waals surface area contributed by atoms with E-state index >= 15 is 0 Å². The van der Waals surface area contributed by atoms with E-state index in [0.29, 0.717) is 5.56 Å². The van der Waals surface area contributed by atoms with Gasteiger partial charge in [0.05, 0.1) is 25.8 Å². The zero-order valence-corrected chi connectivity index (χ0v) is 17.4. The number of nitrogens with one attached hydrogen (secondary N) is 3. The Morgan fingerprint density at radius 3 is 2.10 bits per heavy atom. The highest BCUT2D eigenvalue weighted by molar-refractivity contribution is 5.96. The van der Waals surface area contributed by atoms with Crippen molar-refractivity contribution in [1.29, 1.82) is 0 Å². The van der Waals surface area contributed by atoms with Gasteiger partial charge in [-0.05, 0) is 62.6 Å². The molecule has 0 spiro atoms. The van der Waals surface area contributed by atoms with E-state index in [1.807, 2.05) is 39.8 Å². The predicted molar refractivity (Wildman–Crippen MR) is 113 cm³/mol. The van der Waals surface area contributed by atoms with Crippen molar-refractivity contribution in [3.63, 3.8) is 0 Å². The Morgan fingerprint density at radius 1 is 0.862 bits per heavy atom. The monoisotopic (exact) mass is 397 g/mol. The van der Waals surface area contributed by atoms with Crippen LogP contribution in [0.5, 0.6) is 0 Å². The molecule has 0 fully saturated rings. The van der Waals surface area contributed by atoms with Crippen molar-refractivity contribution in [2.75, 3.05) is 30.8 Å². The molecule has 3 N–H and O–H groups in total. The summed E-state index contributed by atoms with van der Waals surface area (Å²) in [4.78, 5) is 35.8. The van der Waals surface area contributed by atoms with Gasteiger partial charge in [-0.15, -0.1) is 0 Å². The Morgan fingerprint density at radius 2 is 1.52 bits per heavy atom. The standard InChI is InChI=1S/C22H27N3O4/c1-13-8-15(3)21(16(4)9-13)25-20(27)12-24-19(26)11-23-18-7-6-17(10-14(18)2)22(28)29-5/h6-10,23H,11-12H2,1-5H3,(H,24,26)(H,25,27). The van der Waals surface area contributed by atoms with Gasteiger partial charge in [0.2, 0.25) is 11.8 Å². The van der Waals surface area contributed by atoms with E-state index in [9.17, 15) is 14.4 Å². The number of aryl methyl sites for hydroxylation is 4. The van der Waals surface area contributed by atoms with Crippen LogP contribution in [-0.4, -0.2) is 38.0 Å². The SMILES string of the molecule is COC(=O)c1ccc(NCC(=O)NCC(=O)Nc2c(C)cc(C)cc2C)c(C)c1. The molecular formula is C22H27N3O4. The van der Waals surface area contributed by atoms with Crippen LogP contribution in [0.2, 0.25) is 0 Å². The topological polar surface area (TPSA) is 96.5 Å². The van der Waals surface area contributed by atoms with E-state index in [2.05, 4.69) is 20.7 Å². The first-order valence-corrected chi connectivity index (χ1v) is 9.28. The maximum absolute atomic E-state index is 12.2. The molecule has 0 bridgehead atoms. The molecule has 2 aromatic carbocycles. The van der Waals surface area contributed by atoms with E-state index in [4.69, 9.17) is 0 Å². The normalized spacial score (nSPS) is 10.2. The minimum absolute atomic E-state index is 0.00821. The molecule has 0 aromatic heterocycles. The molecular weight excluding hydrogens is 370 g/mol. The molecule has 0 aliphatic carbocycles. The molecule has 0 aliphatic rings. The van der Waals surface area contributed by atoms with Gasteiger partial charge in [-0.1, -0.05) is 17.7 Å². The molecule has 7 nitrogen and oxygen atoms in total.